The van der Waals surface area contributed by atoms with E-state index in [9.17, 15) is 20.1 Å². The molecule has 6 heteroatoms. The smallest absolute Gasteiger partial charge is 0.341 e. The van der Waals surface area contributed by atoms with Gasteiger partial charge in [-0.1, -0.05) is 0 Å². The molecule has 6 nitrogen and oxygen atoms in total. The Balaban J connectivity index is 2.42. The van der Waals surface area contributed by atoms with Crippen LogP contribution in [0.5, 0.6) is 28.7 Å². The van der Waals surface area contributed by atoms with E-state index in [1.54, 1.807) is 13.8 Å². The number of benzene rings is 2. The molecule has 0 bridgehead atoms. The zero-order valence-corrected chi connectivity index (χ0v) is 12.4. The Kier molecular flexibility index (Phi) is 4.12. The predicted octanol–water partition coefficient (Wildman–Crippen LogP) is 3.00. The molecule has 2 rings (SSSR count). The van der Waals surface area contributed by atoms with E-state index in [4.69, 9.17) is 4.74 Å². The molecule has 0 aliphatic rings. The van der Waals surface area contributed by atoms with Crippen molar-refractivity contribution in [2.45, 2.75) is 13.8 Å². The van der Waals surface area contributed by atoms with Crippen molar-refractivity contribution in [3.05, 3.63) is 41.0 Å². The number of aryl methyl sites for hydroxylation is 2. The summed E-state index contributed by atoms with van der Waals surface area (Å²) in [6.07, 6.45) is 0. The fourth-order valence-corrected chi connectivity index (χ4v) is 2.09. The molecule has 2 aromatic rings. The van der Waals surface area contributed by atoms with Gasteiger partial charge in [-0.2, -0.15) is 0 Å². The molecule has 2 aromatic carbocycles. The molecule has 0 aliphatic heterocycles. The molecule has 0 amide bonds. The number of hydrogen-bond donors (Lipinski definition) is 3. The first-order valence-corrected chi connectivity index (χ1v) is 6.45. The van der Waals surface area contributed by atoms with Gasteiger partial charge in [0.25, 0.3) is 0 Å². The summed E-state index contributed by atoms with van der Waals surface area (Å²) in [4.78, 5) is 11.6. The van der Waals surface area contributed by atoms with Crippen molar-refractivity contribution in [2.24, 2.45) is 0 Å². The molecular weight excluding hydrogens is 288 g/mol. The van der Waals surface area contributed by atoms with Gasteiger partial charge in [0.05, 0.1) is 7.11 Å². The van der Waals surface area contributed by atoms with Gasteiger partial charge < -0.3 is 24.8 Å². The third kappa shape index (κ3) is 2.90. The summed E-state index contributed by atoms with van der Waals surface area (Å²) in [6.45, 7) is 3.35. The summed E-state index contributed by atoms with van der Waals surface area (Å²) in [6, 6.07) is 5.68. The second-order valence-electron chi connectivity index (χ2n) is 4.86. The molecule has 116 valence electrons. The Labute approximate surface area is 127 Å². The van der Waals surface area contributed by atoms with Gasteiger partial charge in [0.2, 0.25) is 5.75 Å². The van der Waals surface area contributed by atoms with Crippen molar-refractivity contribution in [1.29, 1.82) is 0 Å². The molecule has 0 aromatic heterocycles. The first-order valence-electron chi connectivity index (χ1n) is 6.45. The van der Waals surface area contributed by atoms with Crippen molar-refractivity contribution in [2.75, 3.05) is 7.11 Å². The largest absolute Gasteiger partial charge is 0.507 e. The van der Waals surface area contributed by atoms with Crippen LogP contribution in [0, 0.1) is 13.8 Å². The van der Waals surface area contributed by atoms with E-state index in [-0.39, 0.29) is 28.6 Å². The lowest BCUT2D eigenvalue weighted by Gasteiger charge is -2.13. The highest BCUT2D eigenvalue weighted by molar-refractivity contribution is 5.94. The van der Waals surface area contributed by atoms with Crippen LogP contribution in [0.3, 0.4) is 0 Å². The van der Waals surface area contributed by atoms with Crippen LogP contribution in [0.15, 0.2) is 24.3 Å². The monoisotopic (exact) mass is 304 g/mol. The van der Waals surface area contributed by atoms with Crippen molar-refractivity contribution >= 4 is 5.97 Å². The maximum Gasteiger partial charge on any atom is 0.341 e. The highest BCUT2D eigenvalue weighted by atomic mass is 16.5. The van der Waals surface area contributed by atoms with Gasteiger partial charge in [-0.15, -0.1) is 0 Å². The molecule has 3 N–H and O–H groups in total. The van der Waals surface area contributed by atoms with E-state index in [0.29, 0.717) is 11.1 Å². The topological polar surface area (TPSA) is 96.2 Å². The van der Waals surface area contributed by atoms with E-state index in [2.05, 4.69) is 4.74 Å². The summed E-state index contributed by atoms with van der Waals surface area (Å²) >= 11 is 0. The van der Waals surface area contributed by atoms with Crippen LogP contribution in [0.4, 0.5) is 0 Å². The van der Waals surface area contributed by atoms with Crippen molar-refractivity contribution in [1.82, 2.24) is 0 Å². The molecule has 0 atom stereocenters. The second-order valence-corrected chi connectivity index (χ2v) is 4.86. The molecule has 0 saturated carbocycles. The number of esters is 1. The van der Waals surface area contributed by atoms with Gasteiger partial charge in [0, 0.05) is 6.07 Å². The number of ether oxygens (including phenoxy) is 2. The standard InChI is InChI=1S/C16H16O6/c1-8-4-12(18)15(19)13(5-8)22-10-6-9(2)14(11(17)7-10)16(20)21-3/h4-7,17-19H,1-3H3. The maximum absolute atomic E-state index is 11.6. The lowest BCUT2D eigenvalue weighted by atomic mass is 10.1. The number of carbonyl (C=O) groups excluding carboxylic acids is 1. The average Bonchev–Trinajstić information content (AvgIpc) is 2.43. The average molecular weight is 304 g/mol. The lowest BCUT2D eigenvalue weighted by Crippen LogP contribution is -2.04. The molecule has 0 saturated heterocycles. The van der Waals surface area contributed by atoms with E-state index >= 15 is 0 Å². The summed E-state index contributed by atoms with van der Waals surface area (Å²) in [5.74, 6) is -1.40. The zero-order valence-electron chi connectivity index (χ0n) is 12.4. The number of aromatic hydroxyl groups is 3. The van der Waals surface area contributed by atoms with Gasteiger partial charge >= 0.3 is 5.97 Å². The maximum atomic E-state index is 11.6. The van der Waals surface area contributed by atoms with Crippen molar-refractivity contribution in [3.8, 4) is 28.7 Å². The number of rotatable bonds is 3. The van der Waals surface area contributed by atoms with Crippen LogP contribution in [0.2, 0.25) is 0 Å². The Morgan fingerprint density at radius 2 is 1.68 bits per heavy atom. The van der Waals surface area contributed by atoms with Gasteiger partial charge in [-0.05, 0) is 43.2 Å². The van der Waals surface area contributed by atoms with E-state index in [0.717, 1.165) is 0 Å². The molecule has 0 unspecified atom stereocenters. The Morgan fingerprint density at radius 1 is 1.00 bits per heavy atom. The number of phenols is 3. The van der Waals surface area contributed by atoms with E-state index < -0.39 is 11.7 Å². The molecule has 0 spiro atoms. The number of hydrogen-bond acceptors (Lipinski definition) is 6. The number of methoxy groups -OCH3 is 1. The molecule has 0 aliphatic carbocycles. The lowest BCUT2D eigenvalue weighted by molar-refractivity contribution is 0.0596. The van der Waals surface area contributed by atoms with Crippen LogP contribution >= 0.6 is 0 Å². The van der Waals surface area contributed by atoms with Crippen LogP contribution in [0.1, 0.15) is 21.5 Å². The van der Waals surface area contributed by atoms with Gasteiger partial charge in [0.1, 0.15) is 17.1 Å². The molecule has 0 radical (unpaired) electrons. The minimum Gasteiger partial charge on any atom is -0.507 e. The first-order chi connectivity index (χ1) is 10.3. The quantitative estimate of drug-likeness (QED) is 0.596. The third-order valence-corrected chi connectivity index (χ3v) is 3.10. The highest BCUT2D eigenvalue weighted by Crippen LogP contribution is 2.40. The summed E-state index contributed by atoms with van der Waals surface area (Å²) in [5.41, 5.74) is 1.20. The normalized spacial score (nSPS) is 10.3. The van der Waals surface area contributed by atoms with Crippen LogP contribution < -0.4 is 4.74 Å². The minimum absolute atomic E-state index is 0.0436. The number of phenolic OH excluding ortho intramolecular Hbond substituents is 3. The predicted molar refractivity (Wildman–Crippen MR) is 78.8 cm³/mol. The highest BCUT2D eigenvalue weighted by Gasteiger charge is 2.18. The fourth-order valence-electron chi connectivity index (χ4n) is 2.09. The first kappa shape index (κ1) is 15.5. The van der Waals surface area contributed by atoms with E-state index in [1.165, 1.54) is 31.4 Å². The molecule has 22 heavy (non-hydrogen) atoms. The Bertz CT molecular complexity index is 713. The summed E-state index contributed by atoms with van der Waals surface area (Å²) in [7, 11) is 1.22. The third-order valence-electron chi connectivity index (χ3n) is 3.10. The Hall–Kier alpha value is -2.89. The molecule has 0 heterocycles. The summed E-state index contributed by atoms with van der Waals surface area (Å²) in [5, 5.41) is 29.3. The van der Waals surface area contributed by atoms with Gasteiger partial charge in [-0.25, -0.2) is 4.79 Å². The molecule has 0 fully saturated rings. The SMILES string of the molecule is COC(=O)c1c(C)cc(Oc2cc(C)cc(O)c2O)cc1O. The van der Waals surface area contributed by atoms with Crippen molar-refractivity contribution < 1.29 is 29.6 Å². The van der Waals surface area contributed by atoms with E-state index in [1.807, 2.05) is 0 Å². The second kappa shape index (κ2) is 5.85. The zero-order chi connectivity index (χ0) is 16.4. The van der Waals surface area contributed by atoms with Gasteiger partial charge in [-0.3, -0.25) is 0 Å². The van der Waals surface area contributed by atoms with Gasteiger partial charge in [0.15, 0.2) is 11.5 Å². The molecular formula is C16H16O6. The van der Waals surface area contributed by atoms with Crippen LogP contribution in [-0.2, 0) is 4.74 Å². The Morgan fingerprint density at radius 3 is 2.27 bits per heavy atom. The summed E-state index contributed by atoms with van der Waals surface area (Å²) < 4.78 is 10.1. The van der Waals surface area contributed by atoms with Crippen LogP contribution in [-0.4, -0.2) is 28.4 Å². The fraction of sp³-hybridized carbons (Fsp3) is 0.188. The van der Waals surface area contributed by atoms with Crippen LogP contribution in [0.25, 0.3) is 0 Å². The van der Waals surface area contributed by atoms with Crippen molar-refractivity contribution in [3.63, 3.8) is 0 Å². The number of carbonyl (C=O) groups is 1. The minimum atomic E-state index is -0.655.